The number of ether oxygens (including phenoxy) is 3. The number of carbonyl (C=O) groups is 3. The highest BCUT2D eigenvalue weighted by atomic mass is 16.6. The lowest BCUT2D eigenvalue weighted by Crippen LogP contribution is -2.18. The molecule has 0 aromatic heterocycles. The molecule has 0 aliphatic carbocycles. The Kier molecular flexibility index (Phi) is 6.49. The zero-order valence-corrected chi connectivity index (χ0v) is 14.9. The molecule has 6 heteroatoms. The predicted molar refractivity (Wildman–Crippen MR) is 95.2 cm³/mol. The van der Waals surface area contributed by atoms with Crippen molar-refractivity contribution in [2.45, 2.75) is 20.3 Å². The zero-order chi connectivity index (χ0) is 19.1. The van der Waals surface area contributed by atoms with Crippen LogP contribution in [0.25, 0.3) is 0 Å². The van der Waals surface area contributed by atoms with Crippen LogP contribution in [0.1, 0.15) is 41.0 Å². The molecule has 0 unspecified atom stereocenters. The number of Topliss-reactive ketones (excluding diaryl/α,β-unsaturated/α-hetero) is 2. The third-order valence-corrected chi connectivity index (χ3v) is 3.64. The minimum absolute atomic E-state index is 0.0207. The highest BCUT2D eigenvalue weighted by Crippen LogP contribution is 2.28. The molecule has 0 bridgehead atoms. The first-order valence-electron chi connectivity index (χ1n) is 8.10. The molecule has 0 saturated carbocycles. The van der Waals surface area contributed by atoms with Gasteiger partial charge in [0.15, 0.2) is 29.7 Å². The topological polar surface area (TPSA) is 78.9 Å². The Labute approximate surface area is 151 Å². The SMILES string of the molecule is CCC(=O)c1ccc(OC(=O)COc2ccc(C(C)=O)cc2OC)cc1. The first-order valence-corrected chi connectivity index (χ1v) is 8.10. The normalized spacial score (nSPS) is 10.1. The highest BCUT2D eigenvalue weighted by molar-refractivity contribution is 5.96. The van der Waals surface area contributed by atoms with Crippen molar-refractivity contribution in [1.29, 1.82) is 0 Å². The van der Waals surface area contributed by atoms with E-state index in [-0.39, 0.29) is 18.2 Å². The molecule has 2 aromatic carbocycles. The minimum Gasteiger partial charge on any atom is -0.493 e. The van der Waals surface area contributed by atoms with Gasteiger partial charge in [-0.2, -0.15) is 0 Å². The van der Waals surface area contributed by atoms with E-state index >= 15 is 0 Å². The van der Waals surface area contributed by atoms with Gasteiger partial charge in [0.05, 0.1) is 7.11 Å². The Balaban J connectivity index is 1.96. The van der Waals surface area contributed by atoms with Gasteiger partial charge in [-0.25, -0.2) is 4.79 Å². The van der Waals surface area contributed by atoms with E-state index in [9.17, 15) is 14.4 Å². The van der Waals surface area contributed by atoms with Gasteiger partial charge in [-0.3, -0.25) is 9.59 Å². The Hall–Kier alpha value is -3.15. The van der Waals surface area contributed by atoms with Crippen molar-refractivity contribution in [3.63, 3.8) is 0 Å². The molecule has 0 spiro atoms. The van der Waals surface area contributed by atoms with Crippen LogP contribution in [0.3, 0.4) is 0 Å². The molecule has 0 aliphatic heterocycles. The average molecular weight is 356 g/mol. The molecule has 2 rings (SSSR count). The van der Waals surface area contributed by atoms with E-state index in [0.717, 1.165) is 0 Å². The van der Waals surface area contributed by atoms with Gasteiger partial charge in [-0.15, -0.1) is 0 Å². The zero-order valence-electron chi connectivity index (χ0n) is 14.9. The smallest absolute Gasteiger partial charge is 0.349 e. The van der Waals surface area contributed by atoms with E-state index in [1.165, 1.54) is 14.0 Å². The standard InChI is InChI=1S/C20H20O6/c1-4-17(22)14-5-8-16(9-6-14)26-20(23)12-25-18-10-7-15(13(2)21)11-19(18)24-3/h5-11H,4,12H2,1-3H3. The summed E-state index contributed by atoms with van der Waals surface area (Å²) in [5.41, 5.74) is 1.05. The second kappa shape index (κ2) is 8.80. The Bertz CT molecular complexity index is 808. The van der Waals surface area contributed by atoms with E-state index in [0.29, 0.717) is 34.8 Å². The van der Waals surface area contributed by atoms with Gasteiger partial charge in [0.1, 0.15) is 5.75 Å². The van der Waals surface area contributed by atoms with Crippen molar-refractivity contribution in [3.05, 3.63) is 53.6 Å². The van der Waals surface area contributed by atoms with E-state index < -0.39 is 5.97 Å². The molecular formula is C20H20O6. The van der Waals surface area contributed by atoms with E-state index in [1.54, 1.807) is 49.4 Å². The number of hydrogen-bond donors (Lipinski definition) is 0. The van der Waals surface area contributed by atoms with E-state index in [2.05, 4.69) is 0 Å². The Morgan fingerprint density at radius 1 is 0.923 bits per heavy atom. The maximum atomic E-state index is 11.9. The fraction of sp³-hybridized carbons (Fsp3) is 0.250. The number of benzene rings is 2. The summed E-state index contributed by atoms with van der Waals surface area (Å²) in [4.78, 5) is 34.9. The van der Waals surface area contributed by atoms with Crippen molar-refractivity contribution in [2.24, 2.45) is 0 Å². The number of ketones is 2. The lowest BCUT2D eigenvalue weighted by Gasteiger charge is -2.11. The largest absolute Gasteiger partial charge is 0.493 e. The summed E-state index contributed by atoms with van der Waals surface area (Å²) in [5.74, 6) is 0.334. The molecule has 136 valence electrons. The summed E-state index contributed by atoms with van der Waals surface area (Å²) in [7, 11) is 1.45. The van der Waals surface area contributed by atoms with Crippen LogP contribution in [0.5, 0.6) is 17.2 Å². The number of carbonyl (C=O) groups excluding carboxylic acids is 3. The van der Waals surface area contributed by atoms with Gasteiger partial charge in [-0.05, 0) is 49.4 Å². The molecule has 6 nitrogen and oxygen atoms in total. The predicted octanol–water partition coefficient (Wildman–Crippen LogP) is 3.47. The quantitative estimate of drug-likeness (QED) is 0.409. The van der Waals surface area contributed by atoms with Crippen LogP contribution < -0.4 is 14.2 Å². The maximum absolute atomic E-state index is 11.9. The number of hydrogen-bond acceptors (Lipinski definition) is 6. The first kappa shape index (κ1) is 19.2. The van der Waals surface area contributed by atoms with Crippen molar-refractivity contribution in [2.75, 3.05) is 13.7 Å². The Morgan fingerprint density at radius 3 is 2.15 bits per heavy atom. The Morgan fingerprint density at radius 2 is 1.58 bits per heavy atom. The summed E-state index contributed by atoms with van der Waals surface area (Å²) in [5, 5.41) is 0. The van der Waals surface area contributed by atoms with Crippen LogP contribution in [-0.4, -0.2) is 31.3 Å². The van der Waals surface area contributed by atoms with Gasteiger partial charge in [-0.1, -0.05) is 6.92 Å². The fourth-order valence-corrected chi connectivity index (χ4v) is 2.22. The van der Waals surface area contributed by atoms with Crippen molar-refractivity contribution < 1.29 is 28.6 Å². The van der Waals surface area contributed by atoms with Crippen molar-refractivity contribution in [1.82, 2.24) is 0 Å². The van der Waals surface area contributed by atoms with Crippen LogP contribution in [0.4, 0.5) is 0 Å². The summed E-state index contributed by atoms with van der Waals surface area (Å²) < 4.78 is 15.8. The number of esters is 1. The van der Waals surface area contributed by atoms with Crippen molar-refractivity contribution >= 4 is 17.5 Å². The fourth-order valence-electron chi connectivity index (χ4n) is 2.22. The van der Waals surface area contributed by atoms with Crippen LogP contribution in [0.15, 0.2) is 42.5 Å². The molecule has 0 saturated heterocycles. The maximum Gasteiger partial charge on any atom is 0.349 e. The highest BCUT2D eigenvalue weighted by Gasteiger charge is 2.12. The van der Waals surface area contributed by atoms with Crippen LogP contribution in [0.2, 0.25) is 0 Å². The first-order chi connectivity index (χ1) is 12.4. The molecule has 26 heavy (non-hydrogen) atoms. The third kappa shape index (κ3) is 4.92. The molecular weight excluding hydrogens is 336 g/mol. The van der Waals surface area contributed by atoms with E-state index in [1.807, 2.05) is 0 Å². The summed E-state index contributed by atoms with van der Waals surface area (Å²) >= 11 is 0. The summed E-state index contributed by atoms with van der Waals surface area (Å²) in [6.45, 7) is 2.91. The van der Waals surface area contributed by atoms with Crippen LogP contribution in [-0.2, 0) is 4.79 Å². The van der Waals surface area contributed by atoms with Gasteiger partial charge in [0, 0.05) is 17.5 Å². The molecule has 0 aliphatic rings. The van der Waals surface area contributed by atoms with Crippen LogP contribution >= 0.6 is 0 Å². The van der Waals surface area contributed by atoms with Crippen LogP contribution in [0, 0.1) is 0 Å². The summed E-state index contributed by atoms with van der Waals surface area (Å²) in [6.07, 6.45) is 0.414. The van der Waals surface area contributed by atoms with E-state index in [4.69, 9.17) is 14.2 Å². The number of methoxy groups -OCH3 is 1. The molecule has 2 aromatic rings. The molecule has 0 radical (unpaired) electrons. The van der Waals surface area contributed by atoms with Gasteiger partial charge in [0.2, 0.25) is 0 Å². The average Bonchev–Trinajstić information content (AvgIpc) is 2.66. The molecule has 0 atom stereocenters. The van der Waals surface area contributed by atoms with Gasteiger partial charge < -0.3 is 14.2 Å². The third-order valence-electron chi connectivity index (χ3n) is 3.64. The number of rotatable bonds is 8. The molecule has 0 fully saturated rings. The second-order valence-corrected chi connectivity index (χ2v) is 5.49. The van der Waals surface area contributed by atoms with Crippen molar-refractivity contribution in [3.8, 4) is 17.2 Å². The lowest BCUT2D eigenvalue weighted by atomic mass is 10.1. The monoisotopic (exact) mass is 356 g/mol. The molecule has 0 N–H and O–H groups in total. The lowest BCUT2D eigenvalue weighted by molar-refractivity contribution is -0.136. The van der Waals surface area contributed by atoms with Gasteiger partial charge >= 0.3 is 5.97 Å². The molecule has 0 amide bonds. The molecule has 0 heterocycles. The summed E-state index contributed by atoms with van der Waals surface area (Å²) in [6, 6.07) is 11.0. The minimum atomic E-state index is -0.600. The second-order valence-electron chi connectivity index (χ2n) is 5.49. The van der Waals surface area contributed by atoms with Gasteiger partial charge in [0.25, 0.3) is 0 Å².